The summed E-state index contributed by atoms with van der Waals surface area (Å²) in [5.74, 6) is 7.40. The number of ether oxygens (including phenoxy) is 3. The summed E-state index contributed by atoms with van der Waals surface area (Å²) in [7, 11) is 1.41. The van der Waals surface area contributed by atoms with E-state index in [0.717, 1.165) is 25.7 Å². The number of rotatable bonds is 11. The molecular weight excluding hydrogens is 454 g/mol. The minimum Gasteiger partial charge on any atom is -0.462 e. The van der Waals surface area contributed by atoms with Gasteiger partial charge in [0, 0.05) is 52.6 Å². The summed E-state index contributed by atoms with van der Waals surface area (Å²) in [5.41, 5.74) is 0. The van der Waals surface area contributed by atoms with E-state index in [0.29, 0.717) is 44.0 Å². The van der Waals surface area contributed by atoms with Gasteiger partial charge in [-0.05, 0) is 37.5 Å². The lowest BCUT2D eigenvalue weighted by Gasteiger charge is -2.40. The summed E-state index contributed by atoms with van der Waals surface area (Å²) in [5, 5.41) is 2.67. The van der Waals surface area contributed by atoms with E-state index in [2.05, 4.69) is 17.2 Å². The number of carbonyl (C=O) groups is 4. The zero-order chi connectivity index (χ0) is 25.2. The maximum absolute atomic E-state index is 12.7. The van der Waals surface area contributed by atoms with Crippen LogP contribution in [-0.4, -0.2) is 99.2 Å². The lowest BCUT2D eigenvalue weighted by molar-refractivity contribution is -0.151. The standard InChI is InChI=1S/C25H37N3O7/c1-18(29)13-27-11-12-28(14-19(27)15-34-24(31)17-33-2)23(30)9-10-26-25(32)35-16-22-20-7-5-3-4-6-8-21(20)22/h19-22H,5-17H2,1-2H3,(H,26,32)/t19?,20-,21+,22-. The molecule has 0 radical (unpaired) electrons. The molecule has 1 saturated heterocycles. The highest BCUT2D eigenvalue weighted by atomic mass is 16.6. The van der Waals surface area contributed by atoms with Crippen molar-refractivity contribution >= 4 is 23.8 Å². The number of ketones is 1. The van der Waals surface area contributed by atoms with Gasteiger partial charge < -0.3 is 24.4 Å². The molecule has 10 heteroatoms. The lowest BCUT2D eigenvalue weighted by atomic mass is 10.1. The van der Waals surface area contributed by atoms with Crippen molar-refractivity contribution < 1.29 is 33.4 Å². The van der Waals surface area contributed by atoms with Crippen LogP contribution < -0.4 is 5.32 Å². The zero-order valence-electron chi connectivity index (χ0n) is 20.8. The van der Waals surface area contributed by atoms with Crippen LogP contribution in [0.4, 0.5) is 4.79 Å². The third kappa shape index (κ3) is 8.51. The van der Waals surface area contributed by atoms with Gasteiger partial charge in [-0.3, -0.25) is 14.5 Å². The van der Waals surface area contributed by atoms with Crippen molar-refractivity contribution in [3.05, 3.63) is 0 Å². The first-order chi connectivity index (χ1) is 16.9. The SMILES string of the molecule is COCC(=O)OCC1CN(C(=O)CCNC(=O)OC[C@@H]2[C@@H]3CCC#CCC[C@@H]32)CCN1CC(C)=O. The van der Waals surface area contributed by atoms with Crippen LogP contribution in [0.3, 0.4) is 0 Å². The highest BCUT2D eigenvalue weighted by Gasteiger charge is 2.49. The molecule has 1 unspecified atom stereocenters. The van der Waals surface area contributed by atoms with E-state index in [-0.39, 0.29) is 50.5 Å². The Bertz CT molecular complexity index is 819. The van der Waals surface area contributed by atoms with E-state index < -0.39 is 12.1 Å². The Morgan fingerprint density at radius 3 is 2.37 bits per heavy atom. The van der Waals surface area contributed by atoms with E-state index in [1.807, 2.05) is 4.90 Å². The Hall–Kier alpha value is -2.64. The summed E-state index contributed by atoms with van der Waals surface area (Å²) >= 11 is 0. The number of alkyl carbamates (subject to hydrolysis) is 1. The highest BCUT2D eigenvalue weighted by Crippen LogP contribution is 2.52. The van der Waals surface area contributed by atoms with Crippen molar-refractivity contribution in [1.29, 1.82) is 0 Å². The second-order valence-electron chi connectivity index (χ2n) is 9.48. The number of esters is 1. The van der Waals surface area contributed by atoms with Gasteiger partial charge in [-0.1, -0.05) is 0 Å². The number of hydrogen-bond donors (Lipinski definition) is 1. The third-order valence-electron chi connectivity index (χ3n) is 6.94. The van der Waals surface area contributed by atoms with Gasteiger partial charge in [0.25, 0.3) is 0 Å². The molecule has 3 aliphatic rings. The smallest absolute Gasteiger partial charge is 0.407 e. The maximum Gasteiger partial charge on any atom is 0.407 e. The first kappa shape index (κ1) is 27.0. The number of amides is 2. The Morgan fingerprint density at radius 2 is 1.71 bits per heavy atom. The van der Waals surface area contributed by atoms with Crippen molar-refractivity contribution in [2.24, 2.45) is 17.8 Å². The van der Waals surface area contributed by atoms with Crippen LogP contribution in [0.1, 0.15) is 39.0 Å². The molecule has 2 aliphatic carbocycles. The molecule has 2 fully saturated rings. The summed E-state index contributed by atoms with van der Waals surface area (Å²) in [6.07, 6.45) is 3.64. The fraction of sp³-hybridized carbons (Fsp3) is 0.760. The van der Waals surface area contributed by atoms with Crippen molar-refractivity contribution in [3.63, 3.8) is 0 Å². The van der Waals surface area contributed by atoms with Gasteiger partial charge >= 0.3 is 12.1 Å². The number of piperazine rings is 1. The van der Waals surface area contributed by atoms with Gasteiger partial charge in [0.2, 0.25) is 5.91 Å². The number of nitrogens with zero attached hydrogens (tertiary/aromatic N) is 2. The fourth-order valence-corrected chi connectivity index (χ4v) is 5.06. The van der Waals surface area contributed by atoms with Crippen LogP contribution in [0.25, 0.3) is 0 Å². The molecule has 0 aromatic carbocycles. The van der Waals surface area contributed by atoms with Crippen LogP contribution in [0.5, 0.6) is 0 Å². The molecule has 1 N–H and O–H groups in total. The highest BCUT2D eigenvalue weighted by molar-refractivity contribution is 5.78. The molecule has 194 valence electrons. The summed E-state index contributed by atoms with van der Waals surface area (Å²) in [4.78, 5) is 51.7. The molecule has 0 aromatic heterocycles. The van der Waals surface area contributed by atoms with Crippen LogP contribution in [0.2, 0.25) is 0 Å². The Labute approximate surface area is 207 Å². The first-order valence-corrected chi connectivity index (χ1v) is 12.4. The van der Waals surface area contributed by atoms with E-state index in [4.69, 9.17) is 14.2 Å². The summed E-state index contributed by atoms with van der Waals surface area (Å²) < 4.78 is 15.4. The molecule has 10 nitrogen and oxygen atoms in total. The quantitative estimate of drug-likeness (QED) is 0.334. The minimum absolute atomic E-state index is 0.00519. The molecule has 0 aromatic rings. The normalized spacial score (nSPS) is 25.7. The number of carbonyl (C=O) groups excluding carboxylic acids is 4. The molecule has 1 saturated carbocycles. The van der Waals surface area contributed by atoms with Gasteiger partial charge in [0.1, 0.15) is 19.0 Å². The number of nitrogens with one attached hydrogen (secondary N) is 1. The second-order valence-corrected chi connectivity index (χ2v) is 9.48. The monoisotopic (exact) mass is 491 g/mol. The van der Waals surface area contributed by atoms with Gasteiger partial charge in [-0.2, -0.15) is 0 Å². The molecule has 1 aliphatic heterocycles. The number of Topliss-reactive ketones (excluding diaryl/α,β-unsaturated/α-hetero) is 1. The number of methoxy groups -OCH3 is 1. The van der Waals surface area contributed by atoms with E-state index in [1.165, 1.54) is 14.0 Å². The van der Waals surface area contributed by atoms with Crippen LogP contribution in [0.15, 0.2) is 0 Å². The molecule has 0 bridgehead atoms. The number of fused-ring (bicyclic) bond motifs is 1. The van der Waals surface area contributed by atoms with Gasteiger partial charge in [0.05, 0.1) is 19.2 Å². The van der Waals surface area contributed by atoms with Gasteiger partial charge in [-0.25, -0.2) is 9.59 Å². The first-order valence-electron chi connectivity index (χ1n) is 12.4. The van der Waals surface area contributed by atoms with E-state index in [9.17, 15) is 19.2 Å². The summed E-state index contributed by atoms with van der Waals surface area (Å²) in [6, 6.07) is -0.281. The van der Waals surface area contributed by atoms with Crippen LogP contribution in [0, 0.1) is 29.6 Å². The number of hydrogen-bond acceptors (Lipinski definition) is 8. The molecule has 2 amide bonds. The third-order valence-corrected chi connectivity index (χ3v) is 6.94. The molecule has 35 heavy (non-hydrogen) atoms. The van der Waals surface area contributed by atoms with Crippen LogP contribution in [-0.2, 0) is 28.6 Å². The average Bonchev–Trinajstić information content (AvgIpc) is 3.45. The zero-order valence-corrected chi connectivity index (χ0v) is 20.8. The van der Waals surface area contributed by atoms with Crippen molar-refractivity contribution in [3.8, 4) is 11.8 Å². The van der Waals surface area contributed by atoms with Crippen molar-refractivity contribution in [1.82, 2.24) is 15.1 Å². The summed E-state index contributed by atoms with van der Waals surface area (Å²) in [6.45, 7) is 3.56. The molecule has 3 rings (SSSR count). The predicted octanol–water partition coefficient (Wildman–Crippen LogP) is 0.834. The lowest BCUT2D eigenvalue weighted by Crippen LogP contribution is -2.57. The Balaban J connectivity index is 1.36. The van der Waals surface area contributed by atoms with Crippen LogP contribution >= 0.6 is 0 Å². The Kier molecular flexibility index (Phi) is 10.4. The average molecular weight is 492 g/mol. The van der Waals surface area contributed by atoms with Crippen molar-refractivity contribution in [2.75, 3.05) is 59.7 Å². The fourth-order valence-electron chi connectivity index (χ4n) is 5.06. The van der Waals surface area contributed by atoms with E-state index >= 15 is 0 Å². The topological polar surface area (TPSA) is 114 Å². The molecular formula is C25H37N3O7. The van der Waals surface area contributed by atoms with Gasteiger partial charge in [-0.15, -0.1) is 11.8 Å². The molecule has 4 atom stereocenters. The Morgan fingerprint density at radius 1 is 1.00 bits per heavy atom. The largest absolute Gasteiger partial charge is 0.462 e. The molecule has 0 spiro atoms. The second kappa shape index (κ2) is 13.4. The molecule has 1 heterocycles. The maximum atomic E-state index is 12.7. The predicted molar refractivity (Wildman–Crippen MR) is 126 cm³/mol. The minimum atomic E-state index is -0.498. The van der Waals surface area contributed by atoms with Gasteiger partial charge in [0.15, 0.2) is 0 Å². The van der Waals surface area contributed by atoms with Crippen molar-refractivity contribution in [2.45, 2.75) is 45.1 Å². The van der Waals surface area contributed by atoms with E-state index in [1.54, 1.807) is 4.90 Å².